The summed E-state index contributed by atoms with van der Waals surface area (Å²) in [6.07, 6.45) is 1.09. The van der Waals surface area contributed by atoms with Crippen molar-refractivity contribution >= 4 is 5.82 Å². The molecule has 4 nitrogen and oxygen atoms in total. The van der Waals surface area contributed by atoms with Crippen molar-refractivity contribution in [1.82, 2.24) is 15.5 Å². The molecule has 2 N–H and O–H groups in total. The Kier molecular flexibility index (Phi) is 4.68. The van der Waals surface area contributed by atoms with Crippen LogP contribution in [-0.4, -0.2) is 22.3 Å². The first-order chi connectivity index (χ1) is 7.51. The standard InChI is InChI=1S/C12H22N4/c1-5-8-13-11-7-6-10(15-16-11)9-14-12(2,3)4/h6-7,14H,5,8-9H2,1-4H3,(H,13,16). The molecular formula is C12H22N4. The van der Waals surface area contributed by atoms with E-state index in [1.54, 1.807) is 0 Å². The van der Waals surface area contributed by atoms with Gasteiger partial charge in [-0.15, -0.1) is 5.10 Å². The second kappa shape index (κ2) is 5.80. The maximum absolute atomic E-state index is 4.16. The lowest BCUT2D eigenvalue weighted by Gasteiger charge is -2.19. The highest BCUT2D eigenvalue weighted by molar-refractivity contribution is 5.32. The number of nitrogens with zero attached hydrogens (tertiary/aromatic N) is 2. The van der Waals surface area contributed by atoms with Gasteiger partial charge in [-0.25, -0.2) is 0 Å². The number of rotatable bonds is 5. The highest BCUT2D eigenvalue weighted by Gasteiger charge is 2.08. The molecule has 0 atom stereocenters. The van der Waals surface area contributed by atoms with E-state index in [9.17, 15) is 0 Å². The Hall–Kier alpha value is -1.16. The summed E-state index contributed by atoms with van der Waals surface area (Å²) in [5.41, 5.74) is 1.08. The van der Waals surface area contributed by atoms with E-state index >= 15 is 0 Å². The van der Waals surface area contributed by atoms with Gasteiger partial charge in [0, 0.05) is 18.6 Å². The molecule has 16 heavy (non-hydrogen) atoms. The molecule has 0 bridgehead atoms. The molecular weight excluding hydrogens is 200 g/mol. The quantitative estimate of drug-likeness (QED) is 0.802. The molecule has 90 valence electrons. The van der Waals surface area contributed by atoms with E-state index < -0.39 is 0 Å². The van der Waals surface area contributed by atoms with Gasteiger partial charge in [-0.1, -0.05) is 6.92 Å². The van der Waals surface area contributed by atoms with Crippen molar-refractivity contribution in [3.05, 3.63) is 17.8 Å². The monoisotopic (exact) mass is 222 g/mol. The lowest BCUT2D eigenvalue weighted by Crippen LogP contribution is -2.35. The van der Waals surface area contributed by atoms with Crippen LogP contribution in [0.2, 0.25) is 0 Å². The predicted molar refractivity (Wildman–Crippen MR) is 67.4 cm³/mol. The lowest BCUT2D eigenvalue weighted by molar-refractivity contribution is 0.420. The average molecular weight is 222 g/mol. The molecule has 1 rings (SSSR count). The number of anilines is 1. The summed E-state index contributed by atoms with van der Waals surface area (Å²) in [7, 11) is 0. The van der Waals surface area contributed by atoms with Crippen LogP contribution in [0, 0.1) is 0 Å². The van der Waals surface area contributed by atoms with Gasteiger partial charge < -0.3 is 10.6 Å². The first-order valence-electron chi connectivity index (χ1n) is 5.83. The van der Waals surface area contributed by atoms with Crippen LogP contribution >= 0.6 is 0 Å². The Morgan fingerprint density at radius 3 is 2.44 bits per heavy atom. The smallest absolute Gasteiger partial charge is 0.148 e. The van der Waals surface area contributed by atoms with Crippen LogP contribution in [0.4, 0.5) is 5.82 Å². The Morgan fingerprint density at radius 1 is 1.19 bits per heavy atom. The molecule has 4 heteroatoms. The Labute approximate surface area is 97.9 Å². The third-order valence-electron chi connectivity index (χ3n) is 2.08. The molecule has 1 aromatic rings. The van der Waals surface area contributed by atoms with E-state index in [2.05, 4.69) is 48.5 Å². The molecule has 0 saturated heterocycles. The highest BCUT2D eigenvalue weighted by Crippen LogP contribution is 2.04. The zero-order chi connectivity index (χ0) is 12.0. The molecule has 0 aromatic carbocycles. The minimum Gasteiger partial charge on any atom is -0.369 e. The van der Waals surface area contributed by atoms with Crippen molar-refractivity contribution in [2.75, 3.05) is 11.9 Å². The molecule has 0 unspecified atom stereocenters. The van der Waals surface area contributed by atoms with Gasteiger partial charge in [0.2, 0.25) is 0 Å². The highest BCUT2D eigenvalue weighted by atomic mass is 15.2. The van der Waals surface area contributed by atoms with E-state index in [4.69, 9.17) is 0 Å². The largest absolute Gasteiger partial charge is 0.369 e. The lowest BCUT2D eigenvalue weighted by atomic mass is 10.1. The third-order valence-corrected chi connectivity index (χ3v) is 2.08. The van der Waals surface area contributed by atoms with Crippen molar-refractivity contribution < 1.29 is 0 Å². The van der Waals surface area contributed by atoms with Gasteiger partial charge in [0.05, 0.1) is 5.69 Å². The SMILES string of the molecule is CCCNc1ccc(CNC(C)(C)C)nn1. The molecule has 0 aliphatic heterocycles. The molecule has 0 saturated carbocycles. The zero-order valence-corrected chi connectivity index (χ0v) is 10.7. The minimum absolute atomic E-state index is 0.112. The molecule has 1 aromatic heterocycles. The first-order valence-corrected chi connectivity index (χ1v) is 5.83. The van der Waals surface area contributed by atoms with Crippen LogP contribution in [0.15, 0.2) is 12.1 Å². The minimum atomic E-state index is 0.112. The average Bonchev–Trinajstić information content (AvgIpc) is 2.24. The van der Waals surface area contributed by atoms with E-state index in [1.807, 2.05) is 12.1 Å². The third kappa shape index (κ3) is 5.07. The van der Waals surface area contributed by atoms with E-state index in [1.165, 1.54) is 0 Å². The van der Waals surface area contributed by atoms with Crippen LogP contribution < -0.4 is 10.6 Å². The van der Waals surface area contributed by atoms with Crippen molar-refractivity contribution in [3.8, 4) is 0 Å². The Morgan fingerprint density at radius 2 is 1.94 bits per heavy atom. The fourth-order valence-corrected chi connectivity index (χ4v) is 1.16. The van der Waals surface area contributed by atoms with E-state index in [0.717, 1.165) is 31.0 Å². The predicted octanol–water partition coefficient (Wildman–Crippen LogP) is 2.19. The van der Waals surface area contributed by atoms with Gasteiger partial charge in [-0.3, -0.25) is 0 Å². The molecule has 0 fully saturated rings. The van der Waals surface area contributed by atoms with Crippen molar-refractivity contribution in [2.45, 2.75) is 46.2 Å². The number of aromatic nitrogens is 2. The topological polar surface area (TPSA) is 49.8 Å². The number of nitrogens with one attached hydrogen (secondary N) is 2. The van der Waals surface area contributed by atoms with Crippen LogP contribution in [0.5, 0.6) is 0 Å². The van der Waals surface area contributed by atoms with E-state index in [0.29, 0.717) is 0 Å². The summed E-state index contributed by atoms with van der Waals surface area (Å²) in [6.45, 7) is 10.2. The summed E-state index contributed by atoms with van der Waals surface area (Å²) < 4.78 is 0. The fraction of sp³-hybridized carbons (Fsp3) is 0.667. The van der Waals surface area contributed by atoms with Crippen molar-refractivity contribution in [2.24, 2.45) is 0 Å². The van der Waals surface area contributed by atoms with Crippen LogP contribution in [0.1, 0.15) is 39.8 Å². The van der Waals surface area contributed by atoms with Crippen molar-refractivity contribution in [3.63, 3.8) is 0 Å². The first kappa shape index (κ1) is 12.9. The summed E-state index contributed by atoms with van der Waals surface area (Å²) in [5.74, 6) is 0.848. The fourth-order valence-electron chi connectivity index (χ4n) is 1.16. The van der Waals surface area contributed by atoms with Crippen LogP contribution in [0.3, 0.4) is 0 Å². The van der Waals surface area contributed by atoms with Gasteiger partial charge in [0.15, 0.2) is 0 Å². The van der Waals surface area contributed by atoms with Gasteiger partial charge in [-0.05, 0) is 39.3 Å². The van der Waals surface area contributed by atoms with Gasteiger partial charge in [0.1, 0.15) is 5.82 Å². The maximum atomic E-state index is 4.16. The summed E-state index contributed by atoms with van der Waals surface area (Å²) in [4.78, 5) is 0. The van der Waals surface area contributed by atoms with E-state index in [-0.39, 0.29) is 5.54 Å². The second-order valence-electron chi connectivity index (χ2n) is 4.94. The molecule has 0 aliphatic rings. The van der Waals surface area contributed by atoms with Gasteiger partial charge in [-0.2, -0.15) is 5.10 Å². The van der Waals surface area contributed by atoms with Crippen molar-refractivity contribution in [1.29, 1.82) is 0 Å². The van der Waals surface area contributed by atoms with Crippen LogP contribution in [-0.2, 0) is 6.54 Å². The Bertz CT molecular complexity index is 300. The molecule has 0 spiro atoms. The van der Waals surface area contributed by atoms with Gasteiger partial charge >= 0.3 is 0 Å². The summed E-state index contributed by atoms with van der Waals surface area (Å²) in [6, 6.07) is 3.98. The summed E-state index contributed by atoms with van der Waals surface area (Å²) >= 11 is 0. The molecule has 1 heterocycles. The molecule has 0 amide bonds. The second-order valence-corrected chi connectivity index (χ2v) is 4.94. The normalized spacial score (nSPS) is 11.5. The molecule has 0 aliphatic carbocycles. The number of hydrogen-bond donors (Lipinski definition) is 2. The molecule has 0 radical (unpaired) electrons. The number of hydrogen-bond acceptors (Lipinski definition) is 4. The summed E-state index contributed by atoms with van der Waals surface area (Å²) in [5, 5.41) is 14.9. The maximum Gasteiger partial charge on any atom is 0.148 e. The Balaban J connectivity index is 2.45. The van der Waals surface area contributed by atoms with Gasteiger partial charge in [0.25, 0.3) is 0 Å². The van der Waals surface area contributed by atoms with Crippen LogP contribution in [0.25, 0.3) is 0 Å². The zero-order valence-electron chi connectivity index (χ0n) is 10.7.